The van der Waals surface area contributed by atoms with Crippen molar-refractivity contribution in [1.82, 2.24) is 0 Å². The summed E-state index contributed by atoms with van der Waals surface area (Å²) >= 11 is 3.38. The molecule has 0 aliphatic rings. The van der Waals surface area contributed by atoms with Crippen LogP contribution in [0.4, 0.5) is 4.39 Å². The number of methoxy groups -OCH3 is 1. The second-order valence-electron chi connectivity index (χ2n) is 5.46. The van der Waals surface area contributed by atoms with Crippen molar-refractivity contribution in [2.24, 2.45) is 0 Å². The monoisotopic (exact) mass is 453 g/mol. The first kappa shape index (κ1) is 20.9. The van der Waals surface area contributed by atoms with Gasteiger partial charge in [0, 0.05) is 0 Å². The van der Waals surface area contributed by atoms with Crippen molar-refractivity contribution in [3.05, 3.63) is 57.2 Å². The van der Waals surface area contributed by atoms with E-state index < -0.39 is 20.6 Å². The summed E-state index contributed by atoms with van der Waals surface area (Å²) in [6.45, 7) is 2.46. The number of hydrogen-bond donors (Lipinski definition) is 0. The Bertz CT molecular complexity index is 996. The highest BCUT2D eigenvalue weighted by molar-refractivity contribution is 9.10. The van der Waals surface area contributed by atoms with Crippen molar-refractivity contribution in [3.63, 3.8) is 0 Å². The number of sulfone groups is 1. The Labute approximate surface area is 166 Å². The summed E-state index contributed by atoms with van der Waals surface area (Å²) in [5, 5.41) is 9.37. The summed E-state index contributed by atoms with van der Waals surface area (Å²) < 4.78 is 49.8. The van der Waals surface area contributed by atoms with Gasteiger partial charge in [-0.2, -0.15) is 5.26 Å². The molecule has 0 amide bonds. The molecule has 0 aromatic heterocycles. The van der Waals surface area contributed by atoms with Crippen LogP contribution in [-0.2, 0) is 9.84 Å². The molecule has 2 aromatic rings. The molecule has 5 nitrogen and oxygen atoms in total. The van der Waals surface area contributed by atoms with E-state index in [4.69, 9.17) is 9.47 Å². The van der Waals surface area contributed by atoms with Gasteiger partial charge >= 0.3 is 0 Å². The van der Waals surface area contributed by atoms with Gasteiger partial charge in [-0.05, 0) is 70.4 Å². The van der Waals surface area contributed by atoms with Gasteiger partial charge in [-0.1, -0.05) is 6.92 Å². The lowest BCUT2D eigenvalue weighted by atomic mass is 10.2. The Morgan fingerprint density at radius 1 is 1.30 bits per heavy atom. The first-order chi connectivity index (χ1) is 12.8. The first-order valence-corrected chi connectivity index (χ1v) is 10.2. The maximum absolute atomic E-state index is 13.1. The second-order valence-corrected chi connectivity index (χ2v) is 8.23. The van der Waals surface area contributed by atoms with E-state index >= 15 is 0 Å². The van der Waals surface area contributed by atoms with Crippen LogP contribution in [0.3, 0.4) is 0 Å². The molecule has 2 aromatic carbocycles. The molecule has 0 bridgehead atoms. The molecule has 0 heterocycles. The lowest BCUT2D eigenvalue weighted by Gasteiger charge is -2.13. The predicted molar refractivity (Wildman–Crippen MR) is 104 cm³/mol. The van der Waals surface area contributed by atoms with E-state index in [2.05, 4.69) is 15.9 Å². The summed E-state index contributed by atoms with van der Waals surface area (Å²) in [7, 11) is -2.61. The van der Waals surface area contributed by atoms with Crippen molar-refractivity contribution in [1.29, 1.82) is 5.26 Å². The highest BCUT2D eigenvalue weighted by Crippen LogP contribution is 2.37. The third kappa shape index (κ3) is 4.87. The summed E-state index contributed by atoms with van der Waals surface area (Å²) in [6.07, 6.45) is 2.04. The van der Waals surface area contributed by atoms with Gasteiger partial charge in [-0.3, -0.25) is 0 Å². The topological polar surface area (TPSA) is 76.4 Å². The molecule has 142 valence electrons. The number of halogens is 2. The molecule has 0 aliphatic heterocycles. The molecule has 0 saturated heterocycles. The van der Waals surface area contributed by atoms with Crippen molar-refractivity contribution in [3.8, 4) is 17.6 Å². The van der Waals surface area contributed by atoms with Crippen molar-refractivity contribution < 1.29 is 22.3 Å². The summed E-state index contributed by atoms with van der Waals surface area (Å²) in [5.41, 5.74) is 0.435. The molecule has 0 fully saturated rings. The maximum Gasteiger partial charge on any atom is 0.216 e. The highest BCUT2D eigenvalue weighted by atomic mass is 79.9. The standard InChI is InChI=1S/C19H17BrFNO4S/c1-3-8-26-19-17(20)10-13(11-18(19)25-2)9-16(12-22)27(23,24)15-6-4-14(21)5-7-15/h4-7,9-11H,3,8H2,1-2H3/b16-9+. The molecule has 0 N–H and O–H groups in total. The lowest BCUT2D eigenvalue weighted by molar-refractivity contribution is 0.292. The van der Waals surface area contributed by atoms with Crippen LogP contribution in [0, 0.1) is 17.1 Å². The summed E-state index contributed by atoms with van der Waals surface area (Å²) in [6, 6.07) is 9.20. The number of hydrogen-bond acceptors (Lipinski definition) is 5. The minimum atomic E-state index is -4.08. The minimum absolute atomic E-state index is 0.161. The van der Waals surface area contributed by atoms with Crippen molar-refractivity contribution >= 4 is 31.8 Å². The molecule has 0 spiro atoms. The van der Waals surface area contributed by atoms with E-state index in [1.165, 1.54) is 13.2 Å². The first-order valence-electron chi connectivity index (χ1n) is 7.96. The molecule has 0 saturated carbocycles. The number of benzene rings is 2. The molecular formula is C19H17BrFNO4S. The number of nitrogens with zero attached hydrogens (tertiary/aromatic N) is 1. The van der Waals surface area contributed by atoms with Crippen molar-refractivity contribution in [2.45, 2.75) is 18.2 Å². The average molecular weight is 454 g/mol. The molecule has 27 heavy (non-hydrogen) atoms. The van der Waals surface area contributed by atoms with Gasteiger partial charge in [0.1, 0.15) is 16.8 Å². The zero-order valence-corrected chi connectivity index (χ0v) is 17.1. The number of nitriles is 1. The van der Waals surface area contributed by atoms with E-state index in [0.717, 1.165) is 30.7 Å². The van der Waals surface area contributed by atoms with E-state index in [1.54, 1.807) is 18.2 Å². The molecule has 0 atom stereocenters. The Balaban J connectivity index is 2.50. The molecule has 0 aliphatic carbocycles. The van der Waals surface area contributed by atoms with Crippen LogP contribution in [0.5, 0.6) is 11.5 Å². The predicted octanol–water partition coefficient (Wildman–Crippen LogP) is 4.72. The minimum Gasteiger partial charge on any atom is -0.493 e. The summed E-state index contributed by atoms with van der Waals surface area (Å²) in [5.74, 6) is 0.338. The van der Waals surface area contributed by atoms with Crippen LogP contribution < -0.4 is 9.47 Å². The quantitative estimate of drug-likeness (QED) is 0.447. The Kier molecular flexibility index (Phi) is 6.99. The zero-order chi connectivity index (χ0) is 20.0. The molecule has 2 rings (SSSR count). The largest absolute Gasteiger partial charge is 0.493 e. The third-order valence-corrected chi connectivity index (χ3v) is 5.79. The van der Waals surface area contributed by atoms with Crippen LogP contribution >= 0.6 is 15.9 Å². The van der Waals surface area contributed by atoms with Gasteiger partial charge in [0.25, 0.3) is 0 Å². The molecule has 0 radical (unpaired) electrons. The number of ether oxygens (including phenoxy) is 2. The maximum atomic E-state index is 13.1. The van der Waals surface area contributed by atoms with Gasteiger partial charge in [-0.15, -0.1) is 0 Å². The SMILES string of the molecule is CCCOc1c(Br)cc(/C=C(\C#N)S(=O)(=O)c2ccc(F)cc2)cc1OC. The van der Waals surface area contributed by atoms with Crippen molar-refractivity contribution in [2.75, 3.05) is 13.7 Å². The van der Waals surface area contributed by atoms with Gasteiger partial charge < -0.3 is 9.47 Å². The van der Waals surface area contributed by atoms with E-state index in [0.29, 0.717) is 28.1 Å². The van der Waals surface area contributed by atoms with Gasteiger partial charge in [0.15, 0.2) is 11.5 Å². The van der Waals surface area contributed by atoms with Gasteiger partial charge in [0.2, 0.25) is 9.84 Å². The van der Waals surface area contributed by atoms with Crippen LogP contribution in [0.15, 0.2) is 50.7 Å². The summed E-state index contributed by atoms with van der Waals surface area (Å²) in [4.78, 5) is -0.629. The molecule has 0 unspecified atom stereocenters. The van der Waals surface area contributed by atoms with Crippen LogP contribution in [-0.4, -0.2) is 22.1 Å². The van der Waals surface area contributed by atoms with Crippen LogP contribution in [0.1, 0.15) is 18.9 Å². The lowest BCUT2D eigenvalue weighted by Crippen LogP contribution is -2.04. The Morgan fingerprint density at radius 3 is 2.52 bits per heavy atom. The van der Waals surface area contributed by atoms with Gasteiger partial charge in [0.05, 0.1) is 23.1 Å². The second kappa shape index (κ2) is 9.02. The van der Waals surface area contributed by atoms with Gasteiger partial charge in [-0.25, -0.2) is 12.8 Å². The van der Waals surface area contributed by atoms with E-state index in [9.17, 15) is 18.1 Å². The zero-order valence-electron chi connectivity index (χ0n) is 14.7. The van der Waals surface area contributed by atoms with E-state index in [1.807, 2.05) is 6.92 Å². The molecular weight excluding hydrogens is 437 g/mol. The normalized spacial score (nSPS) is 11.7. The fourth-order valence-electron chi connectivity index (χ4n) is 2.23. The molecule has 8 heteroatoms. The third-order valence-electron chi connectivity index (χ3n) is 3.52. The fraction of sp³-hybridized carbons (Fsp3) is 0.211. The highest BCUT2D eigenvalue weighted by Gasteiger charge is 2.21. The Hall–Kier alpha value is -2.37. The van der Waals surface area contributed by atoms with Crippen LogP contribution in [0.25, 0.3) is 6.08 Å². The average Bonchev–Trinajstić information content (AvgIpc) is 2.65. The van der Waals surface area contributed by atoms with E-state index in [-0.39, 0.29) is 4.90 Å². The van der Waals surface area contributed by atoms with Crippen LogP contribution in [0.2, 0.25) is 0 Å². The fourth-order valence-corrected chi connectivity index (χ4v) is 3.96. The number of rotatable bonds is 7. The smallest absolute Gasteiger partial charge is 0.216 e. The number of allylic oxidation sites excluding steroid dienone is 1. The Morgan fingerprint density at radius 2 is 1.96 bits per heavy atom.